The first kappa shape index (κ1) is 13.6. The van der Waals surface area contributed by atoms with Crippen LogP contribution in [0.1, 0.15) is 23.0 Å². The van der Waals surface area contributed by atoms with E-state index in [1.807, 2.05) is 48.5 Å². The first-order valence-electron chi connectivity index (χ1n) is 7.00. The molecule has 0 fully saturated rings. The predicted octanol–water partition coefficient (Wildman–Crippen LogP) is 1.91. The second-order valence-electron chi connectivity index (χ2n) is 5.19. The molecule has 0 radical (unpaired) electrons. The Morgan fingerprint density at radius 3 is 2.71 bits per heavy atom. The monoisotopic (exact) mass is 281 g/mol. The molecule has 1 atom stereocenters. The Morgan fingerprint density at radius 1 is 1.19 bits per heavy atom. The fourth-order valence-corrected chi connectivity index (χ4v) is 2.48. The predicted molar refractivity (Wildman–Crippen MR) is 81.6 cm³/mol. The normalized spacial score (nSPS) is 12.5. The quantitative estimate of drug-likeness (QED) is 0.777. The molecular formula is C16H19N5. The molecule has 0 spiro atoms. The summed E-state index contributed by atoms with van der Waals surface area (Å²) in [4.78, 5) is 4.25. The van der Waals surface area contributed by atoms with E-state index in [-0.39, 0.29) is 6.04 Å². The van der Waals surface area contributed by atoms with E-state index in [9.17, 15) is 0 Å². The van der Waals surface area contributed by atoms with Crippen LogP contribution in [0.25, 0.3) is 0 Å². The van der Waals surface area contributed by atoms with E-state index in [1.165, 1.54) is 5.56 Å². The Hall–Kier alpha value is -2.40. The maximum absolute atomic E-state index is 6.36. The third-order valence-corrected chi connectivity index (χ3v) is 3.68. The third-order valence-electron chi connectivity index (χ3n) is 3.68. The van der Waals surface area contributed by atoms with Gasteiger partial charge >= 0.3 is 0 Å². The smallest absolute Gasteiger partial charge is 0.0952 e. The molecule has 2 N–H and O–H groups in total. The van der Waals surface area contributed by atoms with Crippen LogP contribution in [-0.2, 0) is 20.0 Å². The summed E-state index contributed by atoms with van der Waals surface area (Å²) in [6.07, 6.45) is 6.28. The van der Waals surface area contributed by atoms with E-state index in [2.05, 4.69) is 26.8 Å². The van der Waals surface area contributed by atoms with E-state index < -0.39 is 0 Å². The first-order chi connectivity index (χ1) is 10.2. The molecule has 108 valence electrons. The molecular weight excluding hydrogens is 262 g/mol. The molecule has 0 saturated heterocycles. The maximum atomic E-state index is 6.36. The van der Waals surface area contributed by atoms with Gasteiger partial charge in [-0.25, -0.2) is 4.98 Å². The lowest BCUT2D eigenvalue weighted by atomic mass is 10.0. The van der Waals surface area contributed by atoms with Gasteiger partial charge in [0.1, 0.15) is 0 Å². The Labute approximate surface area is 124 Å². The first-order valence-corrected chi connectivity index (χ1v) is 7.00. The summed E-state index contributed by atoms with van der Waals surface area (Å²) in [7, 11) is 1.94. The van der Waals surface area contributed by atoms with Crippen molar-refractivity contribution >= 4 is 0 Å². The van der Waals surface area contributed by atoms with Crippen molar-refractivity contribution in [2.75, 3.05) is 0 Å². The number of benzene rings is 1. The summed E-state index contributed by atoms with van der Waals surface area (Å²) in [5.74, 6) is 0. The van der Waals surface area contributed by atoms with Crippen LogP contribution in [-0.4, -0.2) is 19.3 Å². The molecule has 0 unspecified atom stereocenters. The zero-order valence-electron chi connectivity index (χ0n) is 12.1. The van der Waals surface area contributed by atoms with E-state index in [0.29, 0.717) is 0 Å². The average molecular weight is 281 g/mol. The summed E-state index contributed by atoms with van der Waals surface area (Å²) >= 11 is 0. The van der Waals surface area contributed by atoms with Crippen molar-refractivity contribution in [3.8, 4) is 0 Å². The van der Waals surface area contributed by atoms with Gasteiger partial charge in [-0.2, -0.15) is 5.10 Å². The Morgan fingerprint density at radius 2 is 2.00 bits per heavy atom. The number of rotatable bonds is 5. The van der Waals surface area contributed by atoms with Crippen LogP contribution in [0.15, 0.2) is 55.1 Å². The Bertz CT molecular complexity index is 698. The SMILES string of the molecule is Cn1nccc1Cn1cncc1[C@H](N)Cc1ccccc1. The number of hydrogen-bond donors (Lipinski definition) is 1. The number of aryl methyl sites for hydroxylation is 1. The number of hydrogen-bond acceptors (Lipinski definition) is 3. The lowest BCUT2D eigenvalue weighted by Gasteiger charge is -2.15. The zero-order valence-corrected chi connectivity index (χ0v) is 12.1. The molecule has 3 aromatic rings. The molecule has 2 heterocycles. The van der Waals surface area contributed by atoms with Gasteiger partial charge in [-0.15, -0.1) is 0 Å². The summed E-state index contributed by atoms with van der Waals surface area (Å²) in [6, 6.07) is 12.2. The van der Waals surface area contributed by atoms with Crippen LogP contribution in [0, 0.1) is 0 Å². The van der Waals surface area contributed by atoms with Gasteiger partial charge in [0, 0.05) is 19.4 Å². The maximum Gasteiger partial charge on any atom is 0.0952 e. The molecule has 21 heavy (non-hydrogen) atoms. The van der Waals surface area contributed by atoms with Gasteiger partial charge in [0.15, 0.2) is 0 Å². The lowest BCUT2D eigenvalue weighted by molar-refractivity contribution is 0.604. The topological polar surface area (TPSA) is 61.7 Å². The van der Waals surface area contributed by atoms with Crippen molar-refractivity contribution in [3.05, 3.63) is 72.1 Å². The van der Waals surface area contributed by atoms with Crippen molar-refractivity contribution in [3.63, 3.8) is 0 Å². The summed E-state index contributed by atoms with van der Waals surface area (Å²) in [6.45, 7) is 0.730. The molecule has 3 rings (SSSR count). The number of aromatic nitrogens is 4. The molecule has 5 heteroatoms. The minimum absolute atomic E-state index is 0.0665. The average Bonchev–Trinajstić information content (AvgIpc) is 3.10. The van der Waals surface area contributed by atoms with E-state index in [0.717, 1.165) is 24.4 Å². The Kier molecular flexibility index (Phi) is 3.83. The van der Waals surface area contributed by atoms with Crippen LogP contribution in [0.2, 0.25) is 0 Å². The van der Waals surface area contributed by atoms with Crippen molar-refractivity contribution in [1.29, 1.82) is 0 Å². The molecule has 2 aromatic heterocycles. The second-order valence-corrected chi connectivity index (χ2v) is 5.19. The highest BCUT2D eigenvalue weighted by Crippen LogP contribution is 2.17. The molecule has 1 aromatic carbocycles. The number of nitrogens with zero attached hydrogens (tertiary/aromatic N) is 4. The highest BCUT2D eigenvalue weighted by atomic mass is 15.3. The number of imidazole rings is 1. The van der Waals surface area contributed by atoms with Crippen LogP contribution in [0.5, 0.6) is 0 Å². The van der Waals surface area contributed by atoms with E-state index >= 15 is 0 Å². The Balaban J connectivity index is 1.77. The molecule has 0 aliphatic carbocycles. The number of nitrogens with two attached hydrogens (primary N) is 1. The molecule has 0 saturated carbocycles. The summed E-state index contributed by atoms with van der Waals surface area (Å²) in [5, 5.41) is 4.19. The van der Waals surface area contributed by atoms with Gasteiger partial charge in [-0.05, 0) is 18.1 Å². The molecule has 0 aliphatic heterocycles. The van der Waals surface area contributed by atoms with Crippen molar-refractivity contribution < 1.29 is 0 Å². The second kappa shape index (κ2) is 5.93. The molecule has 0 bridgehead atoms. The minimum Gasteiger partial charge on any atom is -0.327 e. The van der Waals surface area contributed by atoms with Crippen LogP contribution >= 0.6 is 0 Å². The molecule has 0 aliphatic rings. The summed E-state index contributed by atoms with van der Waals surface area (Å²) < 4.78 is 3.96. The highest BCUT2D eigenvalue weighted by molar-refractivity contribution is 5.19. The third kappa shape index (κ3) is 3.03. The largest absolute Gasteiger partial charge is 0.327 e. The zero-order chi connectivity index (χ0) is 14.7. The van der Waals surface area contributed by atoms with Gasteiger partial charge in [0.05, 0.1) is 30.3 Å². The lowest BCUT2D eigenvalue weighted by Crippen LogP contribution is -2.18. The minimum atomic E-state index is -0.0665. The fraction of sp³-hybridized carbons (Fsp3) is 0.250. The fourth-order valence-electron chi connectivity index (χ4n) is 2.48. The van der Waals surface area contributed by atoms with Gasteiger partial charge < -0.3 is 10.3 Å². The van der Waals surface area contributed by atoms with Gasteiger partial charge in [0.25, 0.3) is 0 Å². The van der Waals surface area contributed by atoms with Crippen molar-refractivity contribution in [2.24, 2.45) is 12.8 Å². The van der Waals surface area contributed by atoms with E-state index in [1.54, 1.807) is 6.20 Å². The summed E-state index contributed by atoms with van der Waals surface area (Å²) in [5.41, 5.74) is 9.76. The van der Waals surface area contributed by atoms with Gasteiger partial charge in [0.2, 0.25) is 0 Å². The molecule has 0 amide bonds. The highest BCUT2D eigenvalue weighted by Gasteiger charge is 2.13. The molecule has 5 nitrogen and oxygen atoms in total. The van der Waals surface area contributed by atoms with Crippen LogP contribution in [0.3, 0.4) is 0 Å². The van der Waals surface area contributed by atoms with Crippen molar-refractivity contribution in [2.45, 2.75) is 19.0 Å². The van der Waals surface area contributed by atoms with Crippen LogP contribution < -0.4 is 5.73 Å². The van der Waals surface area contributed by atoms with Crippen molar-refractivity contribution in [1.82, 2.24) is 19.3 Å². The van der Waals surface area contributed by atoms with Gasteiger partial charge in [-0.3, -0.25) is 4.68 Å². The van der Waals surface area contributed by atoms with Crippen LogP contribution in [0.4, 0.5) is 0 Å². The standard InChI is InChI=1S/C16H19N5/c1-20-14(7-8-19-20)11-21-12-18-10-16(21)15(17)9-13-5-3-2-4-6-13/h2-8,10,12,15H,9,11,17H2,1H3/t15-/m1/s1. The van der Waals surface area contributed by atoms with Gasteiger partial charge in [-0.1, -0.05) is 30.3 Å². The van der Waals surface area contributed by atoms with E-state index in [4.69, 9.17) is 5.73 Å².